The minimum absolute atomic E-state index is 0. The first kappa shape index (κ1) is 18.7. The van der Waals surface area contributed by atoms with Crippen molar-refractivity contribution in [3.63, 3.8) is 0 Å². The zero-order chi connectivity index (χ0) is 15.1. The van der Waals surface area contributed by atoms with Crippen LogP contribution in [-0.4, -0.2) is 50.3 Å². The summed E-state index contributed by atoms with van der Waals surface area (Å²) in [5.74, 6) is 0.664. The second kappa shape index (κ2) is 9.66. The number of amides is 1. The molecule has 0 aromatic heterocycles. The molecular weight excluding hydrogens is 304 g/mol. The molecule has 6 heteroatoms. The van der Waals surface area contributed by atoms with Crippen LogP contribution in [0.1, 0.15) is 29.6 Å². The molecule has 22 heavy (non-hydrogen) atoms. The van der Waals surface area contributed by atoms with Crippen molar-refractivity contribution < 1.29 is 14.3 Å². The van der Waals surface area contributed by atoms with Crippen LogP contribution in [0, 0.1) is 0 Å². The number of para-hydroxylation sites is 1. The highest BCUT2D eigenvalue weighted by Gasteiger charge is 2.25. The number of carbonyl (C=O) groups excluding carboxylic acids is 1. The van der Waals surface area contributed by atoms with Crippen molar-refractivity contribution in [1.29, 1.82) is 0 Å². The van der Waals surface area contributed by atoms with E-state index < -0.39 is 0 Å². The van der Waals surface area contributed by atoms with E-state index in [1.807, 2.05) is 29.2 Å². The maximum Gasteiger partial charge on any atom is 0.257 e. The maximum absolute atomic E-state index is 12.5. The van der Waals surface area contributed by atoms with E-state index in [4.69, 9.17) is 15.2 Å². The normalized spacial score (nSPS) is 15.3. The monoisotopic (exact) mass is 328 g/mol. The van der Waals surface area contributed by atoms with Gasteiger partial charge in [-0.3, -0.25) is 4.79 Å². The Labute approximate surface area is 138 Å². The number of piperidine rings is 1. The highest BCUT2D eigenvalue weighted by atomic mass is 35.5. The van der Waals surface area contributed by atoms with Crippen molar-refractivity contribution in [3.05, 3.63) is 29.8 Å². The Hall–Kier alpha value is -1.30. The van der Waals surface area contributed by atoms with Crippen LogP contribution in [0.4, 0.5) is 0 Å². The van der Waals surface area contributed by atoms with Gasteiger partial charge >= 0.3 is 0 Å². The standard InChI is InChI=1S/C16H24N2O3.ClH/c1-20-15-6-3-2-5-14(15)16(19)18-10-7-13(8-11-18)21-12-4-9-17;/h2-3,5-6,13H,4,7-12,17H2,1H3;1H. The lowest BCUT2D eigenvalue weighted by atomic mass is 10.1. The minimum Gasteiger partial charge on any atom is -0.496 e. The maximum atomic E-state index is 12.5. The SMILES string of the molecule is COc1ccccc1C(=O)N1CCC(OCCCN)CC1.Cl. The van der Waals surface area contributed by atoms with Gasteiger partial charge in [0.1, 0.15) is 5.75 Å². The molecule has 0 bridgehead atoms. The fourth-order valence-electron chi connectivity index (χ4n) is 2.55. The number of halogens is 1. The predicted molar refractivity (Wildman–Crippen MR) is 88.8 cm³/mol. The van der Waals surface area contributed by atoms with Gasteiger partial charge in [-0.15, -0.1) is 12.4 Å². The lowest BCUT2D eigenvalue weighted by Gasteiger charge is -2.32. The van der Waals surface area contributed by atoms with E-state index in [-0.39, 0.29) is 24.4 Å². The van der Waals surface area contributed by atoms with Gasteiger partial charge in [-0.2, -0.15) is 0 Å². The molecule has 0 spiro atoms. The molecule has 0 radical (unpaired) electrons. The number of hydrogen-bond donors (Lipinski definition) is 1. The molecule has 0 unspecified atom stereocenters. The van der Waals surface area contributed by atoms with E-state index in [2.05, 4.69) is 0 Å². The number of likely N-dealkylation sites (tertiary alicyclic amines) is 1. The molecule has 1 saturated heterocycles. The Kier molecular flexibility index (Phi) is 8.24. The largest absolute Gasteiger partial charge is 0.496 e. The number of rotatable bonds is 6. The number of carbonyl (C=O) groups is 1. The molecular formula is C16H25ClN2O3. The van der Waals surface area contributed by atoms with E-state index in [9.17, 15) is 4.79 Å². The van der Waals surface area contributed by atoms with Crippen LogP contribution in [0.5, 0.6) is 5.75 Å². The van der Waals surface area contributed by atoms with Gasteiger partial charge in [0.2, 0.25) is 0 Å². The zero-order valence-electron chi connectivity index (χ0n) is 13.0. The topological polar surface area (TPSA) is 64.8 Å². The molecule has 0 saturated carbocycles. The summed E-state index contributed by atoms with van der Waals surface area (Å²) in [4.78, 5) is 14.4. The third-order valence-corrected chi connectivity index (χ3v) is 3.77. The summed E-state index contributed by atoms with van der Waals surface area (Å²) in [5.41, 5.74) is 6.08. The lowest BCUT2D eigenvalue weighted by molar-refractivity contribution is 0.00838. The number of nitrogens with zero attached hydrogens (tertiary/aromatic N) is 1. The number of hydrogen-bond acceptors (Lipinski definition) is 4. The van der Waals surface area contributed by atoms with Gasteiger partial charge in [0.15, 0.2) is 0 Å². The number of nitrogens with two attached hydrogens (primary N) is 1. The van der Waals surface area contributed by atoms with Gasteiger partial charge in [0.05, 0.1) is 18.8 Å². The second-order valence-electron chi connectivity index (χ2n) is 5.20. The second-order valence-corrected chi connectivity index (χ2v) is 5.20. The molecule has 1 amide bonds. The van der Waals surface area contributed by atoms with Crippen molar-refractivity contribution in [1.82, 2.24) is 4.90 Å². The van der Waals surface area contributed by atoms with Crippen LogP contribution in [-0.2, 0) is 4.74 Å². The van der Waals surface area contributed by atoms with Crippen LogP contribution in [0.2, 0.25) is 0 Å². The average molecular weight is 329 g/mol. The summed E-state index contributed by atoms with van der Waals surface area (Å²) >= 11 is 0. The van der Waals surface area contributed by atoms with Crippen LogP contribution in [0.3, 0.4) is 0 Å². The molecule has 0 aliphatic carbocycles. The highest BCUT2D eigenvalue weighted by molar-refractivity contribution is 5.97. The van der Waals surface area contributed by atoms with Crippen LogP contribution < -0.4 is 10.5 Å². The zero-order valence-corrected chi connectivity index (χ0v) is 13.8. The van der Waals surface area contributed by atoms with E-state index in [1.54, 1.807) is 7.11 Å². The molecule has 1 aromatic carbocycles. The number of methoxy groups -OCH3 is 1. The first-order valence-corrected chi connectivity index (χ1v) is 7.50. The predicted octanol–water partition coefficient (Wildman–Crippen LogP) is 2.09. The average Bonchev–Trinajstić information content (AvgIpc) is 2.55. The van der Waals surface area contributed by atoms with Gasteiger partial charge in [-0.05, 0) is 37.9 Å². The summed E-state index contributed by atoms with van der Waals surface area (Å²) in [6.07, 6.45) is 2.90. The van der Waals surface area contributed by atoms with Crippen molar-refractivity contribution in [2.24, 2.45) is 5.73 Å². The van der Waals surface area contributed by atoms with Gasteiger partial charge in [-0.25, -0.2) is 0 Å². The Morgan fingerprint density at radius 2 is 2.00 bits per heavy atom. The van der Waals surface area contributed by atoms with Gasteiger partial charge in [0.25, 0.3) is 5.91 Å². The molecule has 1 aliphatic rings. The molecule has 1 aliphatic heterocycles. The molecule has 2 rings (SSSR count). The molecule has 5 nitrogen and oxygen atoms in total. The summed E-state index contributed by atoms with van der Waals surface area (Å²) in [5, 5.41) is 0. The molecule has 2 N–H and O–H groups in total. The third kappa shape index (κ3) is 4.87. The van der Waals surface area contributed by atoms with E-state index in [1.165, 1.54) is 0 Å². The van der Waals surface area contributed by atoms with Crippen LogP contribution in [0.25, 0.3) is 0 Å². The fraction of sp³-hybridized carbons (Fsp3) is 0.562. The fourth-order valence-corrected chi connectivity index (χ4v) is 2.55. The van der Waals surface area contributed by atoms with Crippen molar-refractivity contribution in [2.75, 3.05) is 33.4 Å². The van der Waals surface area contributed by atoms with Gasteiger partial charge < -0.3 is 20.1 Å². The summed E-state index contributed by atoms with van der Waals surface area (Å²) < 4.78 is 11.0. The van der Waals surface area contributed by atoms with Crippen LogP contribution >= 0.6 is 12.4 Å². The van der Waals surface area contributed by atoms with Gasteiger partial charge in [-0.1, -0.05) is 12.1 Å². The minimum atomic E-state index is 0. The molecule has 1 fully saturated rings. The summed E-state index contributed by atoms with van der Waals surface area (Å²) in [6.45, 7) is 2.82. The molecule has 0 atom stereocenters. The quantitative estimate of drug-likeness (QED) is 0.812. The van der Waals surface area contributed by atoms with Crippen molar-refractivity contribution >= 4 is 18.3 Å². The van der Waals surface area contributed by atoms with E-state index in [0.717, 1.165) is 32.4 Å². The molecule has 124 valence electrons. The number of benzene rings is 1. The number of ether oxygens (including phenoxy) is 2. The summed E-state index contributed by atoms with van der Waals surface area (Å²) in [7, 11) is 1.59. The Morgan fingerprint density at radius 3 is 2.64 bits per heavy atom. The van der Waals surface area contributed by atoms with E-state index in [0.29, 0.717) is 24.5 Å². The first-order valence-electron chi connectivity index (χ1n) is 7.50. The Morgan fingerprint density at radius 1 is 1.32 bits per heavy atom. The Balaban J connectivity index is 0.00000242. The lowest BCUT2D eigenvalue weighted by Crippen LogP contribution is -2.41. The van der Waals surface area contributed by atoms with Crippen LogP contribution in [0.15, 0.2) is 24.3 Å². The molecule has 1 aromatic rings. The molecule has 1 heterocycles. The van der Waals surface area contributed by atoms with Crippen molar-refractivity contribution in [3.8, 4) is 5.75 Å². The first-order chi connectivity index (χ1) is 10.3. The Bertz CT molecular complexity index is 462. The third-order valence-electron chi connectivity index (χ3n) is 3.77. The highest BCUT2D eigenvalue weighted by Crippen LogP contribution is 2.22. The smallest absolute Gasteiger partial charge is 0.257 e. The van der Waals surface area contributed by atoms with Crippen molar-refractivity contribution in [2.45, 2.75) is 25.4 Å². The summed E-state index contributed by atoms with van der Waals surface area (Å²) in [6, 6.07) is 7.35. The van der Waals surface area contributed by atoms with Gasteiger partial charge in [0, 0.05) is 19.7 Å². The van der Waals surface area contributed by atoms with E-state index >= 15 is 0 Å².